The molecule has 0 aliphatic carbocycles. The van der Waals surface area contributed by atoms with Gasteiger partial charge >= 0.3 is 0 Å². The minimum Gasteiger partial charge on any atom is -0.373 e. The maximum Gasteiger partial charge on any atom is 0.129 e. The van der Waals surface area contributed by atoms with Gasteiger partial charge in [0.2, 0.25) is 0 Å². The van der Waals surface area contributed by atoms with Crippen LogP contribution in [0.15, 0.2) is 18.2 Å². The lowest BCUT2D eigenvalue weighted by Gasteiger charge is -2.11. The van der Waals surface area contributed by atoms with Crippen LogP contribution in [-0.2, 0) is 6.42 Å². The number of hydrogen-bond donors (Lipinski definition) is 1. The Labute approximate surface area is 107 Å². The molecule has 2 rings (SSSR count). The fourth-order valence-electron chi connectivity index (χ4n) is 2.14. The highest BCUT2D eigenvalue weighted by Crippen LogP contribution is 2.26. The van der Waals surface area contributed by atoms with E-state index in [1.165, 1.54) is 5.56 Å². The van der Waals surface area contributed by atoms with Gasteiger partial charge in [-0.15, -0.1) is 0 Å². The van der Waals surface area contributed by atoms with Gasteiger partial charge in [-0.2, -0.15) is 0 Å². The van der Waals surface area contributed by atoms with Crippen LogP contribution in [0, 0.1) is 6.92 Å². The molecule has 0 radical (unpaired) electrons. The van der Waals surface area contributed by atoms with Crippen molar-refractivity contribution >= 4 is 28.3 Å². The molecular formula is C14H17ClN2. The third-order valence-corrected chi connectivity index (χ3v) is 3.13. The highest BCUT2D eigenvalue weighted by Gasteiger charge is 2.07. The molecule has 0 fully saturated rings. The first-order valence-electron chi connectivity index (χ1n) is 5.93. The third-order valence-electron chi connectivity index (χ3n) is 2.91. The minimum atomic E-state index is 0.774. The molecule has 0 saturated carbocycles. The number of rotatable bonds is 3. The summed E-state index contributed by atoms with van der Waals surface area (Å²) in [5.74, 6) is 0.977. The summed E-state index contributed by atoms with van der Waals surface area (Å²) in [7, 11) is 1.92. The summed E-state index contributed by atoms with van der Waals surface area (Å²) in [6.45, 7) is 4.22. The predicted octanol–water partition coefficient (Wildman–Crippen LogP) is 4.19. The van der Waals surface area contributed by atoms with Gasteiger partial charge < -0.3 is 5.32 Å². The van der Waals surface area contributed by atoms with Crippen molar-refractivity contribution in [3.8, 4) is 0 Å². The number of pyridine rings is 1. The van der Waals surface area contributed by atoms with E-state index < -0.39 is 0 Å². The zero-order chi connectivity index (χ0) is 12.4. The smallest absolute Gasteiger partial charge is 0.129 e. The number of nitrogens with one attached hydrogen (secondary N) is 1. The Balaban J connectivity index is 2.69. The molecule has 0 saturated heterocycles. The molecule has 90 valence electrons. The fraction of sp³-hybridized carbons (Fsp3) is 0.357. The van der Waals surface area contributed by atoms with E-state index in [1.54, 1.807) is 0 Å². The average Bonchev–Trinajstić information content (AvgIpc) is 2.28. The zero-order valence-electron chi connectivity index (χ0n) is 10.5. The van der Waals surface area contributed by atoms with Crippen LogP contribution in [0.25, 0.3) is 10.9 Å². The molecule has 17 heavy (non-hydrogen) atoms. The van der Waals surface area contributed by atoms with Crippen LogP contribution in [0.2, 0.25) is 5.02 Å². The van der Waals surface area contributed by atoms with Crippen LogP contribution < -0.4 is 5.32 Å². The van der Waals surface area contributed by atoms with Gasteiger partial charge in [0.05, 0.1) is 5.52 Å². The molecule has 0 unspecified atom stereocenters. The number of fused-ring (bicyclic) bond motifs is 1. The minimum absolute atomic E-state index is 0.774. The van der Waals surface area contributed by atoms with Crippen LogP contribution in [-0.4, -0.2) is 12.0 Å². The number of aromatic nitrogens is 1. The maximum atomic E-state index is 6.08. The normalized spacial score (nSPS) is 10.8. The summed E-state index contributed by atoms with van der Waals surface area (Å²) in [6.07, 6.45) is 2.14. The molecule has 2 nitrogen and oxygen atoms in total. The van der Waals surface area contributed by atoms with Crippen molar-refractivity contribution < 1.29 is 0 Å². The summed E-state index contributed by atoms with van der Waals surface area (Å²) >= 11 is 6.08. The van der Waals surface area contributed by atoms with E-state index in [1.807, 2.05) is 26.1 Å². The molecule has 1 heterocycles. The SMILES string of the molecule is CCCc1cc2cc(Cl)cc(C)c2nc1NC. The van der Waals surface area contributed by atoms with E-state index >= 15 is 0 Å². The Bertz CT molecular complexity index is 549. The van der Waals surface area contributed by atoms with Gasteiger partial charge in [-0.3, -0.25) is 0 Å². The number of anilines is 1. The first-order chi connectivity index (χ1) is 8.15. The van der Waals surface area contributed by atoms with Crippen LogP contribution in [0.4, 0.5) is 5.82 Å². The van der Waals surface area contributed by atoms with Crippen LogP contribution >= 0.6 is 11.6 Å². The molecule has 0 atom stereocenters. The Morgan fingerprint density at radius 3 is 2.71 bits per heavy atom. The quantitative estimate of drug-likeness (QED) is 0.881. The summed E-state index contributed by atoms with van der Waals surface area (Å²) in [6, 6.07) is 6.13. The Morgan fingerprint density at radius 1 is 1.29 bits per heavy atom. The lowest BCUT2D eigenvalue weighted by Crippen LogP contribution is -2.00. The predicted molar refractivity (Wildman–Crippen MR) is 75.0 cm³/mol. The lowest BCUT2D eigenvalue weighted by molar-refractivity contribution is 0.918. The number of nitrogens with zero attached hydrogens (tertiary/aromatic N) is 1. The van der Waals surface area contributed by atoms with E-state index in [4.69, 9.17) is 11.6 Å². The van der Waals surface area contributed by atoms with Gasteiger partial charge in [0.1, 0.15) is 5.82 Å². The van der Waals surface area contributed by atoms with Gasteiger partial charge in [-0.05, 0) is 42.7 Å². The topological polar surface area (TPSA) is 24.9 Å². The van der Waals surface area contributed by atoms with Gasteiger partial charge in [0.25, 0.3) is 0 Å². The molecule has 0 bridgehead atoms. The van der Waals surface area contributed by atoms with Crippen LogP contribution in [0.5, 0.6) is 0 Å². The average molecular weight is 249 g/mol. The van der Waals surface area contributed by atoms with Crippen molar-refractivity contribution in [1.29, 1.82) is 0 Å². The van der Waals surface area contributed by atoms with Gasteiger partial charge in [0, 0.05) is 17.5 Å². The number of hydrogen-bond acceptors (Lipinski definition) is 2. The summed E-state index contributed by atoms with van der Waals surface area (Å²) in [5, 5.41) is 5.07. The van der Waals surface area contributed by atoms with E-state index in [9.17, 15) is 0 Å². The van der Waals surface area contributed by atoms with Crippen molar-refractivity contribution in [2.45, 2.75) is 26.7 Å². The third kappa shape index (κ3) is 2.37. The summed E-state index contributed by atoms with van der Waals surface area (Å²) < 4.78 is 0. The fourth-order valence-corrected chi connectivity index (χ4v) is 2.42. The second kappa shape index (κ2) is 4.92. The van der Waals surface area contributed by atoms with Gasteiger partial charge in [-0.25, -0.2) is 4.98 Å². The molecule has 1 aromatic carbocycles. The highest BCUT2D eigenvalue weighted by molar-refractivity contribution is 6.31. The highest BCUT2D eigenvalue weighted by atomic mass is 35.5. The first kappa shape index (κ1) is 12.2. The first-order valence-corrected chi connectivity index (χ1v) is 6.31. The van der Waals surface area contributed by atoms with E-state index in [0.29, 0.717) is 0 Å². The molecule has 0 amide bonds. The van der Waals surface area contributed by atoms with Crippen molar-refractivity contribution in [1.82, 2.24) is 4.98 Å². The largest absolute Gasteiger partial charge is 0.373 e. The van der Waals surface area contributed by atoms with Gasteiger partial charge in [-0.1, -0.05) is 24.9 Å². The Kier molecular flexibility index (Phi) is 3.53. The monoisotopic (exact) mass is 248 g/mol. The van der Waals surface area contributed by atoms with Gasteiger partial charge in [0.15, 0.2) is 0 Å². The molecule has 3 heteroatoms. The summed E-state index contributed by atoms with van der Waals surface area (Å²) in [4.78, 5) is 4.68. The molecule has 1 aromatic heterocycles. The molecular weight excluding hydrogens is 232 g/mol. The number of aryl methyl sites for hydroxylation is 2. The van der Waals surface area contributed by atoms with Crippen molar-refractivity contribution in [3.05, 3.63) is 34.3 Å². The van der Waals surface area contributed by atoms with Crippen LogP contribution in [0.3, 0.4) is 0 Å². The standard InChI is InChI=1S/C14H17ClN2/c1-4-5-10-7-11-8-12(15)6-9(2)13(11)17-14(10)16-3/h6-8H,4-5H2,1-3H3,(H,16,17). The van der Waals surface area contributed by atoms with Crippen molar-refractivity contribution in [2.24, 2.45) is 0 Å². The Hall–Kier alpha value is -1.28. The van der Waals surface area contributed by atoms with E-state index in [0.717, 1.165) is 40.1 Å². The van der Waals surface area contributed by atoms with E-state index in [-0.39, 0.29) is 0 Å². The number of halogens is 1. The molecule has 1 N–H and O–H groups in total. The maximum absolute atomic E-state index is 6.08. The second-order valence-electron chi connectivity index (χ2n) is 4.29. The molecule has 2 aromatic rings. The number of benzene rings is 1. The Morgan fingerprint density at radius 2 is 2.06 bits per heavy atom. The van der Waals surface area contributed by atoms with E-state index in [2.05, 4.69) is 23.3 Å². The molecule has 0 spiro atoms. The van der Waals surface area contributed by atoms with Crippen molar-refractivity contribution in [3.63, 3.8) is 0 Å². The zero-order valence-corrected chi connectivity index (χ0v) is 11.2. The molecule has 0 aliphatic rings. The summed E-state index contributed by atoms with van der Waals surface area (Å²) in [5.41, 5.74) is 3.40. The lowest BCUT2D eigenvalue weighted by atomic mass is 10.1. The van der Waals surface area contributed by atoms with Crippen molar-refractivity contribution in [2.75, 3.05) is 12.4 Å². The van der Waals surface area contributed by atoms with Crippen LogP contribution in [0.1, 0.15) is 24.5 Å². The molecule has 0 aliphatic heterocycles. The second-order valence-corrected chi connectivity index (χ2v) is 4.73.